The highest BCUT2D eigenvalue weighted by Gasteiger charge is 2.49. The van der Waals surface area contributed by atoms with Gasteiger partial charge in [-0.3, -0.25) is 0 Å². The Bertz CT molecular complexity index is 1250. The molecule has 1 aliphatic heterocycles. The molecule has 0 bridgehead atoms. The summed E-state index contributed by atoms with van der Waals surface area (Å²) in [5, 5.41) is 3.62. The van der Waals surface area contributed by atoms with Crippen molar-refractivity contribution in [1.82, 2.24) is 25.3 Å². The average Bonchev–Trinajstić information content (AvgIpc) is 3.14. The molecule has 1 atom stereocenters. The molecular weight excluding hydrogens is 358 g/mol. The van der Waals surface area contributed by atoms with Crippen LogP contribution >= 0.6 is 0 Å². The molecule has 2 aromatic heterocycles. The summed E-state index contributed by atoms with van der Waals surface area (Å²) < 4.78 is 0. The van der Waals surface area contributed by atoms with Crippen molar-refractivity contribution in [2.45, 2.75) is 25.3 Å². The van der Waals surface area contributed by atoms with Crippen LogP contribution in [0.5, 0.6) is 0 Å². The smallest absolute Gasteiger partial charge is 0.123 e. The first-order valence-electron chi connectivity index (χ1n) is 10.1. The molecule has 2 aliphatic rings. The van der Waals surface area contributed by atoms with E-state index in [1.807, 2.05) is 24.4 Å². The van der Waals surface area contributed by atoms with E-state index < -0.39 is 0 Å². The molecule has 5 nitrogen and oxygen atoms in total. The van der Waals surface area contributed by atoms with E-state index in [1.54, 1.807) is 6.33 Å². The minimum absolute atomic E-state index is 0.364. The number of H-pyrrole nitrogens is 2. The number of imidazole rings is 2. The number of aromatic amines is 2. The fraction of sp³-hybridized carbons (Fsp3) is 0.250. The average molecular weight is 379 g/mol. The summed E-state index contributed by atoms with van der Waals surface area (Å²) >= 11 is 0. The first kappa shape index (κ1) is 16.6. The summed E-state index contributed by atoms with van der Waals surface area (Å²) in [7, 11) is 0. The summed E-state index contributed by atoms with van der Waals surface area (Å²) in [5.41, 5.74) is 6.69. The first-order chi connectivity index (χ1) is 14.3. The highest BCUT2D eigenvalue weighted by atomic mass is 15.1. The largest absolute Gasteiger partial charge is 0.345 e. The van der Waals surface area contributed by atoms with Crippen LogP contribution in [0.2, 0.25) is 0 Å². The van der Waals surface area contributed by atoms with Crippen LogP contribution in [0.4, 0.5) is 0 Å². The maximum atomic E-state index is 4.63. The Labute approximate surface area is 169 Å². The number of aromatic nitrogens is 4. The third-order valence-electron chi connectivity index (χ3n) is 6.21. The molecular formula is C24H21N5. The van der Waals surface area contributed by atoms with Crippen molar-refractivity contribution >= 4 is 11.0 Å². The molecule has 2 aromatic carbocycles. The summed E-state index contributed by atoms with van der Waals surface area (Å²) in [5.74, 6) is 7.53. The van der Waals surface area contributed by atoms with Gasteiger partial charge in [0.05, 0.1) is 35.3 Å². The Morgan fingerprint density at radius 1 is 0.966 bits per heavy atom. The predicted octanol–water partition coefficient (Wildman–Crippen LogP) is 4.17. The zero-order chi connectivity index (χ0) is 19.3. The third-order valence-corrected chi connectivity index (χ3v) is 6.21. The van der Waals surface area contributed by atoms with Gasteiger partial charge in [0.15, 0.2) is 0 Å². The minimum Gasteiger partial charge on any atom is -0.345 e. The van der Waals surface area contributed by atoms with Crippen molar-refractivity contribution in [2.75, 3.05) is 6.54 Å². The summed E-state index contributed by atoms with van der Waals surface area (Å²) in [4.78, 5) is 15.5. The Morgan fingerprint density at radius 3 is 2.62 bits per heavy atom. The Hall–Kier alpha value is -3.36. The minimum atomic E-state index is 0.364. The Morgan fingerprint density at radius 2 is 1.79 bits per heavy atom. The summed E-state index contributed by atoms with van der Waals surface area (Å²) in [6.45, 7) is 1.13. The van der Waals surface area contributed by atoms with Gasteiger partial charge < -0.3 is 15.3 Å². The van der Waals surface area contributed by atoms with Gasteiger partial charge in [-0.1, -0.05) is 24.0 Å². The van der Waals surface area contributed by atoms with Crippen LogP contribution in [-0.4, -0.2) is 26.5 Å². The molecule has 5 heteroatoms. The summed E-state index contributed by atoms with van der Waals surface area (Å²) in [6.07, 6.45) is 7.58. The lowest BCUT2D eigenvalue weighted by molar-refractivity contribution is 0.543. The molecule has 29 heavy (non-hydrogen) atoms. The molecule has 6 rings (SSSR count). The van der Waals surface area contributed by atoms with Gasteiger partial charge in [-0.25, -0.2) is 9.97 Å². The van der Waals surface area contributed by atoms with Gasteiger partial charge in [-0.2, -0.15) is 0 Å². The van der Waals surface area contributed by atoms with E-state index in [2.05, 4.69) is 61.4 Å². The second-order valence-corrected chi connectivity index (χ2v) is 8.28. The number of hydrogen-bond donors (Lipinski definition) is 3. The molecule has 0 unspecified atom stereocenters. The van der Waals surface area contributed by atoms with Gasteiger partial charge >= 0.3 is 0 Å². The number of nitrogens with zero attached hydrogens (tertiary/aromatic N) is 2. The van der Waals surface area contributed by atoms with Gasteiger partial charge in [0.2, 0.25) is 0 Å². The monoisotopic (exact) mass is 379 g/mol. The van der Waals surface area contributed by atoms with Crippen LogP contribution in [0, 0.1) is 17.3 Å². The standard InChI is InChI=1S/C24H21N5/c1(2-17-5-8-19-20(11-17)28-15-27-19)16-3-6-18(7-4-16)22-13-25-23(29-22)21-12-24(9-10-24)14-26-21/h3-8,11,13,15,21,26H,9-10,12,14H2,(H,25,29)(H,27,28)/t21-/m0/s1. The zero-order valence-corrected chi connectivity index (χ0v) is 16.0. The molecule has 3 N–H and O–H groups in total. The van der Waals surface area contributed by atoms with Crippen LogP contribution in [0.25, 0.3) is 22.3 Å². The zero-order valence-electron chi connectivity index (χ0n) is 16.0. The SMILES string of the molecule is C(#Cc1ccc2nc[nH]c2c1)c1ccc(-c2cnc([C@@H]3CC4(CC4)CN3)[nH]2)cc1. The van der Waals surface area contributed by atoms with Gasteiger partial charge in [0.25, 0.3) is 0 Å². The van der Waals surface area contributed by atoms with Crippen molar-refractivity contribution < 1.29 is 0 Å². The third kappa shape index (κ3) is 3.12. The number of benzene rings is 2. The van der Waals surface area contributed by atoms with E-state index in [-0.39, 0.29) is 0 Å². The fourth-order valence-corrected chi connectivity index (χ4v) is 4.22. The van der Waals surface area contributed by atoms with E-state index in [0.29, 0.717) is 11.5 Å². The van der Waals surface area contributed by atoms with Crippen molar-refractivity contribution in [3.8, 4) is 23.1 Å². The van der Waals surface area contributed by atoms with Gasteiger partial charge in [-0.05, 0) is 60.6 Å². The van der Waals surface area contributed by atoms with Gasteiger partial charge in [0.1, 0.15) is 5.82 Å². The maximum Gasteiger partial charge on any atom is 0.123 e. The van der Waals surface area contributed by atoms with E-state index in [4.69, 9.17) is 0 Å². The maximum absolute atomic E-state index is 4.63. The lowest BCUT2D eigenvalue weighted by atomic mass is 10.0. The van der Waals surface area contributed by atoms with Gasteiger partial charge in [-0.15, -0.1) is 0 Å². The number of nitrogens with one attached hydrogen (secondary N) is 3. The Balaban J connectivity index is 1.19. The van der Waals surface area contributed by atoms with Crippen LogP contribution in [-0.2, 0) is 0 Å². The van der Waals surface area contributed by atoms with E-state index in [0.717, 1.165) is 45.8 Å². The lowest BCUT2D eigenvalue weighted by Gasteiger charge is -2.06. The van der Waals surface area contributed by atoms with E-state index >= 15 is 0 Å². The summed E-state index contributed by atoms with van der Waals surface area (Å²) in [6, 6.07) is 14.7. The second kappa shape index (κ2) is 6.33. The van der Waals surface area contributed by atoms with Crippen molar-refractivity contribution in [3.05, 3.63) is 71.9 Å². The van der Waals surface area contributed by atoms with E-state index in [1.165, 1.54) is 19.3 Å². The lowest BCUT2D eigenvalue weighted by Crippen LogP contribution is -2.15. The number of rotatable bonds is 2. The molecule has 142 valence electrons. The molecule has 1 saturated heterocycles. The normalized spacial score (nSPS) is 19.4. The highest BCUT2D eigenvalue weighted by Crippen LogP contribution is 2.54. The molecule has 3 heterocycles. The van der Waals surface area contributed by atoms with Crippen LogP contribution < -0.4 is 5.32 Å². The number of fused-ring (bicyclic) bond motifs is 1. The van der Waals surface area contributed by atoms with Crippen LogP contribution in [0.1, 0.15) is 42.3 Å². The molecule has 2 fully saturated rings. The van der Waals surface area contributed by atoms with Gasteiger partial charge in [0, 0.05) is 17.7 Å². The topological polar surface area (TPSA) is 69.4 Å². The molecule has 1 aliphatic carbocycles. The van der Waals surface area contributed by atoms with E-state index in [9.17, 15) is 0 Å². The predicted molar refractivity (Wildman–Crippen MR) is 113 cm³/mol. The molecule has 1 saturated carbocycles. The Kier molecular flexibility index (Phi) is 3.62. The number of hydrogen-bond acceptors (Lipinski definition) is 3. The van der Waals surface area contributed by atoms with Crippen LogP contribution in [0.15, 0.2) is 55.0 Å². The molecule has 0 amide bonds. The molecule has 0 radical (unpaired) electrons. The quantitative estimate of drug-likeness (QED) is 0.458. The molecule has 1 spiro atoms. The van der Waals surface area contributed by atoms with Crippen LogP contribution in [0.3, 0.4) is 0 Å². The highest BCUT2D eigenvalue weighted by molar-refractivity contribution is 5.76. The van der Waals surface area contributed by atoms with Crippen molar-refractivity contribution in [3.63, 3.8) is 0 Å². The van der Waals surface area contributed by atoms with Crippen molar-refractivity contribution in [2.24, 2.45) is 5.41 Å². The van der Waals surface area contributed by atoms with Crippen molar-refractivity contribution in [1.29, 1.82) is 0 Å². The second-order valence-electron chi connectivity index (χ2n) is 8.28. The first-order valence-corrected chi connectivity index (χ1v) is 10.1. The molecule has 4 aromatic rings. The fourth-order valence-electron chi connectivity index (χ4n) is 4.22.